The molecule has 0 aliphatic rings. The van der Waals surface area contributed by atoms with Crippen molar-refractivity contribution in [3.63, 3.8) is 0 Å². The van der Waals surface area contributed by atoms with Crippen molar-refractivity contribution in [1.29, 1.82) is 0 Å². The first-order valence-electron chi connectivity index (χ1n) is 45.8. The Bertz CT molecular complexity index is 4110. The van der Waals surface area contributed by atoms with Crippen LogP contribution in [0.15, 0.2) is 95.1 Å². The highest BCUT2D eigenvalue weighted by molar-refractivity contribution is 7.98. The maximum Gasteiger partial charge on any atom is 0.334 e. The highest BCUT2D eigenvalue weighted by atomic mass is 35.5. The van der Waals surface area contributed by atoms with E-state index in [1.54, 1.807) is 80.2 Å². The molecule has 0 bridgehead atoms. The summed E-state index contributed by atoms with van der Waals surface area (Å²) < 4.78 is 25.6. The Morgan fingerprint density at radius 2 is 0.869 bits per heavy atom. The number of likely N-dealkylation sites (N-methyl/N-ethyl adjacent to an activating group) is 4. The number of halogens is 2. The molecule has 0 heterocycles. The number of hydrogen-bond acceptors (Lipinski definition) is 18. The molecule has 4 unspecified atom stereocenters. The van der Waals surface area contributed by atoms with Crippen LogP contribution in [-0.4, -0.2) is 237 Å². The summed E-state index contributed by atoms with van der Waals surface area (Å²) in [5, 5.41) is 31.2. The van der Waals surface area contributed by atoms with Gasteiger partial charge >= 0.3 is 11.9 Å². The van der Waals surface area contributed by atoms with Gasteiger partial charge in [-0.1, -0.05) is 202 Å². The first-order chi connectivity index (χ1) is 59.8. The normalized spacial score (nSPS) is 16.2. The number of thioether (sulfide) groups is 1. The Kier molecular flexibility index (Phi) is 54.8. The lowest BCUT2D eigenvalue weighted by Crippen LogP contribution is -2.56. The average Bonchev–Trinajstić information content (AvgIpc) is 0.815. The van der Waals surface area contributed by atoms with Gasteiger partial charge in [-0.05, 0) is 219 Å². The number of ketones is 2. The second-order valence-corrected chi connectivity index (χ2v) is 50.4. The minimum atomic E-state index is -2.07. The van der Waals surface area contributed by atoms with E-state index < -0.39 is 124 Å². The monoisotopic (exact) mass is 1910 g/mol. The summed E-state index contributed by atoms with van der Waals surface area (Å²) >= 11 is 13.8. The molecule has 0 aromatic heterocycles. The van der Waals surface area contributed by atoms with Gasteiger partial charge in [0.15, 0.2) is 34.3 Å². The van der Waals surface area contributed by atoms with E-state index in [1.165, 1.54) is 86.6 Å². The van der Waals surface area contributed by atoms with E-state index in [1.807, 2.05) is 81.6 Å². The first-order valence-corrected chi connectivity index (χ1v) is 53.7. The van der Waals surface area contributed by atoms with Crippen LogP contribution in [0.4, 0.5) is 0 Å². The number of aliphatic hydroxyl groups is 1. The van der Waals surface area contributed by atoms with Crippen molar-refractivity contribution in [3.05, 3.63) is 116 Å². The number of carboxylic acids is 1. The Morgan fingerprint density at radius 3 is 1.20 bits per heavy atom. The number of carboxylic acid groups (broad SMARTS) is 1. The van der Waals surface area contributed by atoms with E-state index in [0.29, 0.717) is 58.4 Å². The fourth-order valence-electron chi connectivity index (χ4n) is 13.5. The standard InChI is InChI=1S/C49H81ClN4O8Si.C29H45ClN4O6.C21H40O4SSi/c1-19-31(5)43(37(11)55)52-42(56)29-53(15)47(59)40(28-38-23-25-39(50)26-24-38)54(16)46(58)36(10)51-45(57)41(27-30(3)4)61-48(60)34(8)22-21-33(7)35(9)44(32(6)20-2)62-63(17,18)49(12,13)14;1-9-18(4)26(20(6)35)32-25(37)16-33(7)29(40)23(15-21-10-12-22(30)13-11-21)34(8)28(39)19(5)31-27(38)24(36)14-17(2)3;1-11-15(2)19(25-27(9,10)21(5,6)7)17(4)18(24-14-26-8)13-12-16(3)20(22)23/h20,22-26,30-31,33,35-36,40-41,43-44H,19,21,27-29H2,1-18H3,(H,51,57)(H,52,56);10-13,17-19,23-24,26,36H,9,14-16H2,1-8H3,(H,31,38)(H,32,37);11-12,17-19H,13-14H2,1-10H3,(H,22,23)/b32-20+,34-22+;;15-11+,16-12+/t31?,33-,35-,36-,40+,41+,43-,44?;18?,19-,23+,24+,26-;17-,18-,19?/m000/s1. The third-order valence-corrected chi connectivity index (χ3v) is 35.0. The van der Waals surface area contributed by atoms with Gasteiger partial charge in [0.05, 0.1) is 49.4 Å². The molecular weight excluding hydrogens is 1750 g/mol. The first kappa shape index (κ1) is 123. The molecule has 2 aromatic rings. The number of hydrogen-bond donors (Lipinski definition) is 6. The van der Waals surface area contributed by atoms with Gasteiger partial charge in [0.25, 0.3) is 5.91 Å². The lowest BCUT2D eigenvalue weighted by Gasteiger charge is -2.42. The number of nitrogens with one attached hydrogen (secondary N) is 4. The summed E-state index contributed by atoms with van der Waals surface area (Å²) in [5.74, 6) is -5.38. The number of amides is 8. The van der Waals surface area contributed by atoms with Crippen LogP contribution in [0, 0.1) is 41.4 Å². The van der Waals surface area contributed by atoms with Crippen molar-refractivity contribution in [1.82, 2.24) is 40.9 Å². The maximum atomic E-state index is 14.1. The molecule has 2 aromatic carbocycles. The topological polar surface area (TPSA) is 343 Å². The molecule has 31 heteroatoms. The van der Waals surface area contributed by atoms with Crippen molar-refractivity contribution in [2.45, 2.75) is 341 Å². The number of carbonyl (C=O) groups excluding carboxylic acids is 11. The van der Waals surface area contributed by atoms with Crippen molar-refractivity contribution < 1.29 is 86.1 Å². The van der Waals surface area contributed by atoms with Crippen molar-refractivity contribution >= 4 is 122 Å². The van der Waals surface area contributed by atoms with Crippen molar-refractivity contribution in [2.24, 2.45) is 41.4 Å². The average molecular weight is 1920 g/mol. The number of rotatable bonds is 50. The third kappa shape index (κ3) is 42.1. The van der Waals surface area contributed by atoms with E-state index in [0.717, 1.165) is 5.56 Å². The molecule has 0 aliphatic carbocycles. The number of benzene rings is 2. The molecule has 0 aliphatic heterocycles. The Hall–Kier alpha value is -7.36. The van der Waals surface area contributed by atoms with Crippen molar-refractivity contribution in [3.8, 4) is 0 Å². The molecule has 738 valence electrons. The third-order valence-electron chi connectivity index (χ3n) is 25.2. The van der Waals surface area contributed by atoms with Gasteiger partial charge in [-0.3, -0.25) is 47.9 Å². The predicted octanol–water partition coefficient (Wildman–Crippen LogP) is 17.0. The number of aliphatic carboxylic acids is 1. The summed E-state index contributed by atoms with van der Waals surface area (Å²) in [6, 6.07) is 8.11. The zero-order valence-electron chi connectivity index (χ0n) is 85.5. The van der Waals surface area contributed by atoms with Crippen LogP contribution in [0.3, 0.4) is 0 Å². The summed E-state index contributed by atoms with van der Waals surface area (Å²) in [6.45, 7) is 60.8. The maximum absolute atomic E-state index is 14.1. The lowest BCUT2D eigenvalue weighted by atomic mass is 9.85. The fraction of sp³-hybridized carbons (Fsp3) is 0.677. The number of ether oxygens (including phenoxy) is 2. The Labute approximate surface area is 796 Å². The van der Waals surface area contributed by atoms with Gasteiger partial charge in [0, 0.05) is 68.1 Å². The van der Waals surface area contributed by atoms with Gasteiger partial charge < -0.3 is 69.4 Å². The smallest absolute Gasteiger partial charge is 0.334 e. The van der Waals surface area contributed by atoms with Crippen LogP contribution < -0.4 is 21.3 Å². The fourth-order valence-corrected chi connectivity index (χ4v) is 16.8. The Balaban J connectivity index is 0.00000211. The summed E-state index contributed by atoms with van der Waals surface area (Å²) in [4.78, 5) is 161. The van der Waals surface area contributed by atoms with Gasteiger partial charge in [-0.25, -0.2) is 9.59 Å². The number of esters is 1. The number of nitrogens with zero attached hydrogens (tertiary/aromatic N) is 4. The van der Waals surface area contributed by atoms with E-state index in [9.17, 15) is 62.6 Å². The molecule has 130 heavy (non-hydrogen) atoms. The van der Waals surface area contributed by atoms with Gasteiger partial charge in [-0.2, -0.15) is 0 Å². The minimum Gasteiger partial charge on any atom is -0.478 e. The molecular formula is C99H166Cl2N8O18SSi2. The quantitative estimate of drug-likeness (QED) is 0.0118. The highest BCUT2D eigenvalue weighted by Gasteiger charge is 2.45. The molecule has 0 fully saturated rings. The molecule has 0 spiro atoms. The van der Waals surface area contributed by atoms with Crippen LogP contribution >= 0.6 is 35.0 Å². The van der Waals surface area contributed by atoms with E-state index in [-0.39, 0.29) is 120 Å². The molecule has 0 saturated carbocycles. The van der Waals surface area contributed by atoms with Crippen LogP contribution in [0.2, 0.25) is 46.3 Å². The molecule has 2 rings (SSSR count). The molecule has 26 nitrogen and oxygen atoms in total. The minimum absolute atomic E-state index is 0.0230. The highest BCUT2D eigenvalue weighted by Crippen LogP contribution is 2.42. The van der Waals surface area contributed by atoms with Gasteiger partial charge in [-0.15, -0.1) is 11.8 Å². The van der Waals surface area contributed by atoms with Gasteiger partial charge in [0.1, 0.15) is 30.3 Å². The van der Waals surface area contributed by atoms with Crippen LogP contribution in [0.5, 0.6) is 0 Å². The SMILES string of the molecule is C/C=C(\C)C(O[Si](C)(C)C(C)(C)C)[C@@H](C)[C@@H](C)C/C=C(\C)C(=O)O[C@H](CC(C)C)C(=O)N[C@@H](C)C(=O)N(C)[C@H](Cc1ccc(Cl)cc1)C(=O)N(C)CC(=O)N[C@H](C(C)=O)C(C)CC.C/C=C(\C)C(O[Si](C)(C)C(C)(C)C)[C@@H](C)[C@H](C/C=C(\C)C(=O)O)OCSC.CCC(C)[C@H](NC(=O)CN(C)C(=O)[C@@H](Cc1ccc(Cl)cc1)N(C)C(=O)[C@H](C)NC(=O)[C@H](O)CC(C)C)C(C)=O. The zero-order valence-corrected chi connectivity index (χ0v) is 89.8. The largest absolute Gasteiger partial charge is 0.478 e. The molecule has 16 atom stereocenters. The number of carbonyl (C=O) groups is 12. The zero-order chi connectivity index (χ0) is 101. The van der Waals surface area contributed by atoms with E-state index in [2.05, 4.69) is 136 Å². The predicted molar refractivity (Wildman–Crippen MR) is 531 cm³/mol. The molecule has 0 radical (unpaired) electrons. The summed E-state index contributed by atoms with van der Waals surface area (Å²) in [7, 11) is 1.80. The van der Waals surface area contributed by atoms with E-state index in [4.69, 9.17) is 46.6 Å². The lowest BCUT2D eigenvalue weighted by molar-refractivity contribution is -0.154. The molecule has 6 N–H and O–H groups in total. The van der Waals surface area contributed by atoms with Crippen LogP contribution in [-0.2, 0) is 88.7 Å². The summed E-state index contributed by atoms with van der Waals surface area (Å²) in [6.07, 6.45) is 10.4. The number of allylic oxidation sites excluding steroid dienone is 3. The summed E-state index contributed by atoms with van der Waals surface area (Å²) in [5.41, 5.74) is 4.55. The van der Waals surface area contributed by atoms with Crippen LogP contribution in [0.25, 0.3) is 0 Å². The second kappa shape index (κ2) is 58.0. The second-order valence-electron chi connectivity index (χ2n) is 39.2. The van der Waals surface area contributed by atoms with Crippen molar-refractivity contribution in [2.75, 3.05) is 53.5 Å². The van der Waals surface area contributed by atoms with Gasteiger partial charge in [0.2, 0.25) is 41.4 Å². The Morgan fingerprint density at radius 1 is 0.508 bits per heavy atom. The molecule has 8 amide bonds. The van der Waals surface area contributed by atoms with E-state index >= 15 is 0 Å². The number of aliphatic hydroxyl groups excluding tert-OH is 1. The molecule has 0 saturated heterocycles. The number of Topliss-reactive ketones (excluding diaryl/α,β-unsaturated/α-hetero) is 2. The van der Waals surface area contributed by atoms with Crippen LogP contribution in [0.1, 0.15) is 237 Å².